The summed E-state index contributed by atoms with van der Waals surface area (Å²) < 4.78 is 13.4. The van der Waals surface area contributed by atoms with Crippen molar-refractivity contribution >= 4 is 18.9 Å². The molecule has 156 valence electrons. The number of piperazine rings is 1. The van der Waals surface area contributed by atoms with Crippen LogP contribution in [0, 0.1) is 5.82 Å². The Bertz CT molecular complexity index is 797. The molecular weight excluding hydrogens is 378 g/mol. The lowest BCUT2D eigenvalue weighted by Gasteiger charge is -2.35. The van der Waals surface area contributed by atoms with Gasteiger partial charge in [-0.1, -0.05) is 12.1 Å². The molecule has 2 bridgehead atoms. The van der Waals surface area contributed by atoms with Crippen molar-refractivity contribution in [2.75, 3.05) is 19.6 Å². The Morgan fingerprint density at radius 1 is 1.38 bits per heavy atom. The van der Waals surface area contributed by atoms with E-state index >= 15 is 0 Å². The molecule has 2 unspecified atom stereocenters. The minimum atomic E-state index is -1.57. The van der Waals surface area contributed by atoms with E-state index in [1.807, 2.05) is 4.90 Å². The van der Waals surface area contributed by atoms with Crippen LogP contribution in [0.4, 0.5) is 4.39 Å². The molecule has 0 saturated carbocycles. The van der Waals surface area contributed by atoms with Crippen LogP contribution >= 0.6 is 0 Å². The van der Waals surface area contributed by atoms with Crippen molar-refractivity contribution in [3.8, 4) is 0 Å². The molecule has 8 nitrogen and oxygen atoms in total. The first kappa shape index (κ1) is 20.3. The number of hydrogen-bond acceptors (Lipinski definition) is 6. The summed E-state index contributed by atoms with van der Waals surface area (Å²) in [5.74, 6) is -1.27. The molecule has 1 aromatic rings. The molecular formula is C19H26BFN4O4. The maximum absolute atomic E-state index is 13.4. The van der Waals surface area contributed by atoms with Gasteiger partial charge in [0.2, 0.25) is 11.8 Å². The van der Waals surface area contributed by atoms with E-state index in [4.69, 9.17) is 5.73 Å². The Balaban J connectivity index is 1.35. The van der Waals surface area contributed by atoms with Crippen molar-refractivity contribution in [2.24, 2.45) is 5.73 Å². The number of carbonyl (C=O) groups is 2. The van der Waals surface area contributed by atoms with Crippen LogP contribution in [0.15, 0.2) is 24.3 Å². The lowest BCUT2D eigenvalue weighted by molar-refractivity contribution is -0.139. The van der Waals surface area contributed by atoms with Crippen LogP contribution in [-0.2, 0) is 16.1 Å². The molecule has 2 amide bonds. The van der Waals surface area contributed by atoms with Gasteiger partial charge in [-0.3, -0.25) is 14.5 Å². The zero-order valence-electron chi connectivity index (χ0n) is 16.2. The van der Waals surface area contributed by atoms with Crippen LogP contribution in [0.1, 0.15) is 24.8 Å². The van der Waals surface area contributed by atoms with Crippen LogP contribution in [0.3, 0.4) is 0 Å². The normalized spacial score (nSPS) is 27.7. The highest BCUT2D eigenvalue weighted by molar-refractivity contribution is 6.43. The average molecular weight is 404 g/mol. The molecule has 3 aliphatic rings. The Hall–Kier alpha value is -2.01. The van der Waals surface area contributed by atoms with Gasteiger partial charge < -0.3 is 25.6 Å². The molecule has 10 heteroatoms. The highest BCUT2D eigenvalue weighted by atomic mass is 19.1. The van der Waals surface area contributed by atoms with Crippen molar-refractivity contribution in [2.45, 2.75) is 49.9 Å². The molecule has 4 N–H and O–H groups in total. The summed E-state index contributed by atoms with van der Waals surface area (Å²) >= 11 is 0. The summed E-state index contributed by atoms with van der Waals surface area (Å²) in [6, 6.07) is 5.14. The van der Waals surface area contributed by atoms with Crippen LogP contribution in [0.5, 0.6) is 0 Å². The van der Waals surface area contributed by atoms with E-state index in [0.29, 0.717) is 38.9 Å². The van der Waals surface area contributed by atoms with Crippen LogP contribution < -0.4 is 5.73 Å². The number of carbonyl (C=O) groups excluding carboxylic acids is 2. The number of likely N-dealkylation sites (tertiary alicyclic amines) is 3. The first-order valence-corrected chi connectivity index (χ1v) is 10.1. The van der Waals surface area contributed by atoms with Gasteiger partial charge in [0, 0.05) is 32.2 Å². The summed E-state index contributed by atoms with van der Waals surface area (Å²) in [4.78, 5) is 30.7. The van der Waals surface area contributed by atoms with Gasteiger partial charge in [0.25, 0.3) is 0 Å². The Kier molecular flexibility index (Phi) is 5.61. The minimum absolute atomic E-state index is 0.0185. The third kappa shape index (κ3) is 3.89. The lowest BCUT2D eigenvalue weighted by Crippen LogP contribution is -2.57. The molecule has 0 spiro atoms. The van der Waals surface area contributed by atoms with E-state index in [-0.39, 0.29) is 36.3 Å². The number of amides is 2. The number of rotatable bonds is 6. The van der Waals surface area contributed by atoms with Crippen molar-refractivity contribution in [1.29, 1.82) is 0 Å². The molecule has 0 radical (unpaired) electrons. The second-order valence-electron chi connectivity index (χ2n) is 8.22. The second-order valence-corrected chi connectivity index (χ2v) is 8.22. The predicted molar refractivity (Wildman–Crippen MR) is 104 cm³/mol. The maximum atomic E-state index is 13.4. The molecule has 4 atom stereocenters. The SMILES string of the molecule is N[C@@H](CN1C[C@H]2CC1C(=O)N2Cc1cccc(F)c1)C(=O)N1CCCC1B(O)O. The molecule has 0 aliphatic carbocycles. The third-order valence-corrected chi connectivity index (χ3v) is 6.31. The molecule has 4 rings (SSSR count). The highest BCUT2D eigenvalue weighted by Gasteiger charge is 2.50. The molecule has 3 fully saturated rings. The van der Waals surface area contributed by atoms with Crippen LogP contribution in [0.2, 0.25) is 0 Å². The van der Waals surface area contributed by atoms with Gasteiger partial charge >= 0.3 is 7.12 Å². The number of nitrogens with zero attached hydrogens (tertiary/aromatic N) is 3. The molecule has 3 aliphatic heterocycles. The Labute approximate surface area is 169 Å². The minimum Gasteiger partial charge on any atom is -0.426 e. The van der Waals surface area contributed by atoms with Gasteiger partial charge in [0.15, 0.2) is 0 Å². The van der Waals surface area contributed by atoms with Gasteiger partial charge in [-0.15, -0.1) is 0 Å². The molecule has 0 aromatic heterocycles. The number of halogens is 1. The van der Waals surface area contributed by atoms with E-state index in [2.05, 4.69) is 0 Å². The van der Waals surface area contributed by atoms with Gasteiger partial charge in [0.05, 0.1) is 18.0 Å². The monoisotopic (exact) mass is 404 g/mol. The fourth-order valence-corrected chi connectivity index (χ4v) is 4.89. The zero-order chi connectivity index (χ0) is 20.7. The van der Waals surface area contributed by atoms with E-state index in [9.17, 15) is 24.0 Å². The first-order valence-electron chi connectivity index (χ1n) is 10.1. The van der Waals surface area contributed by atoms with E-state index in [0.717, 1.165) is 5.56 Å². The summed E-state index contributed by atoms with van der Waals surface area (Å²) in [6.45, 7) is 1.71. The molecule has 29 heavy (non-hydrogen) atoms. The summed E-state index contributed by atoms with van der Waals surface area (Å²) in [6.07, 6.45) is 1.93. The average Bonchev–Trinajstić information content (AvgIpc) is 3.38. The predicted octanol–water partition coefficient (Wildman–Crippen LogP) is -1.06. The van der Waals surface area contributed by atoms with E-state index < -0.39 is 19.1 Å². The van der Waals surface area contributed by atoms with Crippen molar-refractivity contribution < 1.29 is 24.0 Å². The van der Waals surface area contributed by atoms with E-state index in [1.54, 1.807) is 17.0 Å². The van der Waals surface area contributed by atoms with Crippen molar-refractivity contribution in [3.63, 3.8) is 0 Å². The lowest BCUT2D eigenvalue weighted by atomic mass is 9.78. The highest BCUT2D eigenvalue weighted by Crippen LogP contribution is 2.33. The zero-order valence-corrected chi connectivity index (χ0v) is 16.2. The fraction of sp³-hybridized carbons (Fsp3) is 0.579. The smallest absolute Gasteiger partial charge is 0.426 e. The number of hydrogen-bond donors (Lipinski definition) is 3. The topological polar surface area (TPSA) is 110 Å². The van der Waals surface area contributed by atoms with E-state index in [1.165, 1.54) is 17.0 Å². The fourth-order valence-electron chi connectivity index (χ4n) is 4.89. The maximum Gasteiger partial charge on any atom is 0.475 e. The largest absolute Gasteiger partial charge is 0.475 e. The quantitative estimate of drug-likeness (QED) is 0.522. The third-order valence-electron chi connectivity index (χ3n) is 6.31. The first-order chi connectivity index (χ1) is 13.8. The Morgan fingerprint density at radius 3 is 2.86 bits per heavy atom. The van der Waals surface area contributed by atoms with Gasteiger partial charge in [0.1, 0.15) is 5.82 Å². The van der Waals surface area contributed by atoms with Gasteiger partial charge in [-0.2, -0.15) is 0 Å². The molecule has 1 aromatic carbocycles. The van der Waals surface area contributed by atoms with Gasteiger partial charge in [-0.05, 0) is 37.0 Å². The molecule has 3 saturated heterocycles. The number of nitrogens with two attached hydrogens (primary N) is 1. The van der Waals surface area contributed by atoms with Crippen molar-refractivity contribution in [3.05, 3.63) is 35.6 Å². The number of fused-ring (bicyclic) bond motifs is 2. The second kappa shape index (κ2) is 8.02. The summed E-state index contributed by atoms with van der Waals surface area (Å²) in [5, 5.41) is 18.9. The number of benzene rings is 1. The molecule has 3 heterocycles. The van der Waals surface area contributed by atoms with Crippen LogP contribution in [-0.4, -0.2) is 87.4 Å². The van der Waals surface area contributed by atoms with Crippen LogP contribution in [0.25, 0.3) is 0 Å². The van der Waals surface area contributed by atoms with Crippen molar-refractivity contribution in [1.82, 2.24) is 14.7 Å². The van der Waals surface area contributed by atoms with Gasteiger partial charge in [-0.25, -0.2) is 4.39 Å². The standard InChI is InChI=1S/C19H26BFN4O4/c21-13-4-1-3-12(7-13)9-25-14-8-16(19(25)27)23(10-14)11-15(22)18(26)24-6-2-5-17(24)20(28)29/h1,3-4,7,14-17,28-29H,2,5-6,8-11,22H2/t14-,15+,16?,17?/m1/s1. The Morgan fingerprint density at radius 2 is 2.17 bits per heavy atom. The summed E-state index contributed by atoms with van der Waals surface area (Å²) in [5.41, 5.74) is 6.89. The summed E-state index contributed by atoms with van der Waals surface area (Å²) in [7, 11) is -1.57.